The van der Waals surface area contributed by atoms with Gasteiger partial charge < -0.3 is 0 Å². The third-order valence-corrected chi connectivity index (χ3v) is 3.95. The summed E-state index contributed by atoms with van der Waals surface area (Å²) in [5.41, 5.74) is 0.565. The fraction of sp³-hybridized carbons (Fsp3) is 1.00. The van der Waals surface area contributed by atoms with Gasteiger partial charge in [0, 0.05) is 0 Å². The van der Waals surface area contributed by atoms with E-state index in [1.165, 1.54) is 57.8 Å². The van der Waals surface area contributed by atoms with Crippen molar-refractivity contribution in [3.63, 3.8) is 0 Å². The maximum atomic E-state index is 6.29. The molecule has 15 heavy (non-hydrogen) atoms. The quantitative estimate of drug-likeness (QED) is 0.495. The summed E-state index contributed by atoms with van der Waals surface area (Å²) in [4.78, 5) is 0. The lowest BCUT2D eigenvalue weighted by atomic mass is 9.64. The zero-order valence-corrected chi connectivity index (χ0v) is 10.9. The van der Waals surface area contributed by atoms with Crippen molar-refractivity contribution in [2.24, 2.45) is 5.41 Å². The Balaban J connectivity index is 2.44. The second-order valence-corrected chi connectivity index (χ2v) is 6.59. The summed E-state index contributed by atoms with van der Waals surface area (Å²) < 4.78 is 0. The van der Waals surface area contributed by atoms with Gasteiger partial charge in [-0.3, -0.25) is 0 Å². The van der Waals surface area contributed by atoms with Crippen LogP contribution < -0.4 is 0 Å². The molecule has 0 aliphatic heterocycles. The van der Waals surface area contributed by atoms with Gasteiger partial charge in [0.25, 0.3) is 0 Å². The van der Waals surface area contributed by atoms with Gasteiger partial charge in [-0.2, -0.15) is 0 Å². The van der Waals surface area contributed by atoms with Crippen molar-refractivity contribution in [3.8, 4) is 0 Å². The molecule has 1 aliphatic carbocycles. The van der Waals surface area contributed by atoms with Crippen molar-refractivity contribution in [1.29, 1.82) is 0 Å². The normalized spacial score (nSPS) is 34.3. The van der Waals surface area contributed by atoms with Gasteiger partial charge in [0.2, 0.25) is 0 Å². The molecule has 0 amide bonds. The average molecular weight is 206 g/mol. The van der Waals surface area contributed by atoms with E-state index in [2.05, 4.69) is 20.8 Å². The van der Waals surface area contributed by atoms with Crippen molar-refractivity contribution in [2.45, 2.75) is 83.9 Å². The van der Waals surface area contributed by atoms with Crippen LogP contribution in [0.5, 0.6) is 0 Å². The average Bonchev–Trinajstić information content (AvgIpc) is 2.13. The van der Waals surface area contributed by atoms with E-state index in [0.29, 0.717) is 5.41 Å². The predicted octanol–water partition coefficient (Wildman–Crippen LogP) is 4.88. The van der Waals surface area contributed by atoms with E-state index in [4.69, 9.17) is 7.85 Å². The van der Waals surface area contributed by atoms with Gasteiger partial charge in [-0.05, 0) is 18.3 Å². The van der Waals surface area contributed by atoms with Crippen molar-refractivity contribution < 1.29 is 0 Å². The highest BCUT2D eigenvalue weighted by atomic mass is 14.2. The molecule has 1 aliphatic rings. The van der Waals surface area contributed by atoms with Crippen LogP contribution in [0, 0.1) is 5.41 Å². The molecule has 1 atom stereocenters. The maximum Gasteiger partial charge on any atom is 0.0742 e. The number of hydrogen-bond donors (Lipinski definition) is 0. The molecule has 0 bridgehead atoms. The van der Waals surface area contributed by atoms with Gasteiger partial charge in [-0.15, -0.1) is 0 Å². The maximum absolute atomic E-state index is 6.29. The summed E-state index contributed by atoms with van der Waals surface area (Å²) in [6, 6.07) is 0. The monoisotopic (exact) mass is 206 g/mol. The summed E-state index contributed by atoms with van der Waals surface area (Å²) in [5.74, 6) is 0. The molecule has 1 heteroatoms. The Labute approximate surface area is 97.6 Å². The largest absolute Gasteiger partial charge is 0.0742 e. The van der Waals surface area contributed by atoms with Crippen LogP contribution in [0.2, 0.25) is 5.31 Å². The van der Waals surface area contributed by atoms with Gasteiger partial charge in [-0.25, -0.2) is 0 Å². The fourth-order valence-corrected chi connectivity index (χ4v) is 2.69. The molecule has 86 valence electrons. The Kier molecular flexibility index (Phi) is 4.74. The minimum Gasteiger partial charge on any atom is -0.0688 e. The second kappa shape index (κ2) is 5.41. The number of hydrogen-bond acceptors (Lipinski definition) is 0. The smallest absolute Gasteiger partial charge is 0.0688 e. The molecule has 1 saturated carbocycles. The van der Waals surface area contributed by atoms with Gasteiger partial charge in [0.1, 0.15) is 0 Å². The van der Waals surface area contributed by atoms with E-state index in [0.717, 1.165) is 0 Å². The van der Waals surface area contributed by atoms with Crippen LogP contribution in [0.1, 0.15) is 78.6 Å². The van der Waals surface area contributed by atoms with Gasteiger partial charge in [-0.1, -0.05) is 71.0 Å². The summed E-state index contributed by atoms with van der Waals surface area (Å²) in [5, 5.41) is 0.106. The van der Waals surface area contributed by atoms with Gasteiger partial charge in [0.15, 0.2) is 0 Å². The molecule has 1 fully saturated rings. The van der Waals surface area contributed by atoms with E-state index < -0.39 is 0 Å². The van der Waals surface area contributed by atoms with Crippen molar-refractivity contribution in [2.75, 3.05) is 0 Å². The molecular weight excluding hydrogens is 179 g/mol. The van der Waals surface area contributed by atoms with Crippen LogP contribution in [-0.2, 0) is 0 Å². The molecule has 0 aromatic carbocycles. The van der Waals surface area contributed by atoms with Crippen molar-refractivity contribution in [1.82, 2.24) is 0 Å². The highest BCUT2D eigenvalue weighted by Gasteiger charge is 2.21. The first-order valence-corrected chi connectivity index (χ1v) is 6.70. The van der Waals surface area contributed by atoms with Crippen molar-refractivity contribution >= 4 is 7.85 Å². The minimum atomic E-state index is 0.106. The zero-order chi connectivity index (χ0) is 11.4. The number of rotatable bonds is 0. The van der Waals surface area contributed by atoms with Crippen LogP contribution in [0.4, 0.5) is 0 Å². The van der Waals surface area contributed by atoms with Crippen LogP contribution in [-0.4, -0.2) is 7.85 Å². The van der Waals surface area contributed by atoms with E-state index in [-0.39, 0.29) is 5.31 Å². The van der Waals surface area contributed by atoms with Crippen LogP contribution in [0.3, 0.4) is 0 Å². The zero-order valence-electron chi connectivity index (χ0n) is 10.9. The van der Waals surface area contributed by atoms with E-state index >= 15 is 0 Å². The molecular formula is C14H27B. The molecule has 0 aromatic heterocycles. The Hall–Kier alpha value is 0.0649. The van der Waals surface area contributed by atoms with E-state index in [1.807, 2.05) is 0 Å². The minimum absolute atomic E-state index is 0.106. The van der Waals surface area contributed by atoms with E-state index in [1.54, 1.807) is 0 Å². The molecule has 0 aromatic rings. The lowest BCUT2D eigenvalue weighted by Gasteiger charge is -2.25. The third-order valence-electron chi connectivity index (χ3n) is 3.95. The Morgan fingerprint density at radius 2 is 1.07 bits per heavy atom. The van der Waals surface area contributed by atoms with Gasteiger partial charge in [0.05, 0.1) is 7.85 Å². The van der Waals surface area contributed by atoms with Crippen LogP contribution in [0.15, 0.2) is 0 Å². The molecule has 0 spiro atoms. The molecule has 2 radical (unpaired) electrons. The topological polar surface area (TPSA) is 0 Å². The lowest BCUT2D eigenvalue weighted by Crippen LogP contribution is -2.11. The Morgan fingerprint density at radius 3 is 1.67 bits per heavy atom. The SMILES string of the molecule is [B]C1(C)CCCCCC(C)(C)CCCC1. The second-order valence-electron chi connectivity index (χ2n) is 6.59. The first kappa shape index (κ1) is 13.1. The molecule has 1 rings (SSSR count). The third kappa shape index (κ3) is 5.63. The fourth-order valence-electron chi connectivity index (χ4n) is 2.69. The summed E-state index contributed by atoms with van der Waals surface area (Å²) in [7, 11) is 6.29. The first-order chi connectivity index (χ1) is 6.91. The highest BCUT2D eigenvalue weighted by molar-refractivity contribution is 6.14. The predicted molar refractivity (Wildman–Crippen MR) is 69.5 cm³/mol. The summed E-state index contributed by atoms with van der Waals surface area (Å²) >= 11 is 0. The summed E-state index contributed by atoms with van der Waals surface area (Å²) in [6.07, 6.45) is 12.0. The molecule has 1 unspecified atom stereocenters. The van der Waals surface area contributed by atoms with Crippen molar-refractivity contribution in [3.05, 3.63) is 0 Å². The highest BCUT2D eigenvalue weighted by Crippen LogP contribution is 2.38. The molecule has 0 nitrogen and oxygen atoms in total. The Bertz CT molecular complexity index is 162. The standard InChI is InChI=1S/C14H27B/c1-13(2)9-5-4-6-11-14(3,15)12-8-7-10-13/h4-12H2,1-3H3. The lowest BCUT2D eigenvalue weighted by molar-refractivity contribution is 0.286. The molecule has 0 heterocycles. The first-order valence-electron chi connectivity index (χ1n) is 6.70. The molecule has 0 saturated heterocycles. The van der Waals surface area contributed by atoms with E-state index in [9.17, 15) is 0 Å². The summed E-state index contributed by atoms with van der Waals surface area (Å²) in [6.45, 7) is 7.08. The molecule has 0 N–H and O–H groups in total. The Morgan fingerprint density at radius 1 is 0.667 bits per heavy atom. The van der Waals surface area contributed by atoms with Crippen LogP contribution >= 0.6 is 0 Å². The van der Waals surface area contributed by atoms with Gasteiger partial charge >= 0.3 is 0 Å². The van der Waals surface area contributed by atoms with Crippen LogP contribution in [0.25, 0.3) is 0 Å².